The number of aromatic nitrogens is 3. The van der Waals surface area contributed by atoms with Crippen molar-refractivity contribution in [2.24, 2.45) is 5.41 Å². The largest absolute Gasteiger partial charge is 0.501 e. The molecule has 0 spiro atoms. The third kappa shape index (κ3) is 11.2. The zero-order valence-electron chi connectivity index (χ0n) is 39.9. The Hall–Kier alpha value is -6.82. The Morgan fingerprint density at radius 2 is 1.30 bits per heavy atom. The summed E-state index contributed by atoms with van der Waals surface area (Å²) in [4.78, 5) is 13.3. The Morgan fingerprint density at radius 3 is 2.00 bits per heavy atom. The number of fused-ring (bicyclic) bond motifs is 3. The SMILES string of the molecule is CC(O)(c1ccc(-c2ccccc2)cc1)c1ccccn1.Cc1cc(C2CCC(C)(C)CC2)ccc1-c1cc(-c2[c-]ccc3c2oc2ccccc23)ncc1C.[Ir].[c-]1ccccc1-c1ccccn1. The van der Waals surface area contributed by atoms with Crippen LogP contribution in [0.1, 0.15) is 80.3 Å². The molecule has 1 aliphatic rings. The molecular weight excluding hydrogens is 1020 g/mol. The molecule has 347 valence electrons. The Labute approximate surface area is 420 Å². The average molecular weight is 1080 g/mol. The van der Waals surface area contributed by atoms with Crippen LogP contribution in [-0.2, 0) is 25.7 Å². The first-order valence-corrected chi connectivity index (χ1v) is 23.6. The molecule has 0 saturated heterocycles. The minimum absolute atomic E-state index is 0. The van der Waals surface area contributed by atoms with E-state index in [1.807, 2.05) is 128 Å². The van der Waals surface area contributed by atoms with Gasteiger partial charge in [-0.3, -0.25) is 4.98 Å². The molecule has 1 radical (unpaired) electrons. The zero-order valence-corrected chi connectivity index (χ0v) is 42.3. The van der Waals surface area contributed by atoms with Crippen molar-refractivity contribution >= 4 is 21.9 Å². The van der Waals surface area contributed by atoms with Gasteiger partial charge in [-0.15, -0.1) is 54.1 Å². The third-order valence-corrected chi connectivity index (χ3v) is 13.4. The second-order valence-corrected chi connectivity index (χ2v) is 18.8. The summed E-state index contributed by atoms with van der Waals surface area (Å²) in [7, 11) is 0. The molecular formula is C63H57IrN3O2-2. The number of pyridine rings is 3. The number of rotatable bonds is 7. The Balaban J connectivity index is 0.000000159. The van der Waals surface area contributed by atoms with E-state index in [1.54, 1.807) is 19.3 Å². The number of para-hydroxylation sites is 1. The van der Waals surface area contributed by atoms with E-state index in [2.05, 4.69) is 104 Å². The molecule has 10 aromatic rings. The Kier molecular flexibility index (Phi) is 15.3. The number of furan rings is 1. The smallest absolute Gasteiger partial charge is 0.129 e. The molecule has 6 aromatic carbocycles. The van der Waals surface area contributed by atoms with Gasteiger partial charge in [0.25, 0.3) is 0 Å². The fraction of sp³-hybridized carbons (Fsp3) is 0.190. The van der Waals surface area contributed by atoms with Gasteiger partial charge in [0.2, 0.25) is 0 Å². The predicted molar refractivity (Wildman–Crippen MR) is 279 cm³/mol. The van der Waals surface area contributed by atoms with Gasteiger partial charge in [0.05, 0.1) is 11.3 Å². The second kappa shape index (κ2) is 21.6. The van der Waals surface area contributed by atoms with Crippen LogP contribution >= 0.6 is 0 Å². The first kappa shape index (κ1) is 48.6. The van der Waals surface area contributed by atoms with Crippen LogP contribution in [0.5, 0.6) is 0 Å². The van der Waals surface area contributed by atoms with E-state index in [9.17, 15) is 5.11 Å². The van der Waals surface area contributed by atoms with Crippen molar-refractivity contribution in [3.8, 4) is 44.8 Å². The van der Waals surface area contributed by atoms with Crippen molar-refractivity contribution in [2.45, 2.75) is 71.8 Å². The van der Waals surface area contributed by atoms with Gasteiger partial charge in [-0.2, -0.15) is 0 Å². The van der Waals surface area contributed by atoms with Gasteiger partial charge in [-0.1, -0.05) is 140 Å². The van der Waals surface area contributed by atoms with Crippen LogP contribution in [0, 0.1) is 31.4 Å². The molecule has 0 amide bonds. The summed E-state index contributed by atoms with van der Waals surface area (Å²) in [6.07, 6.45) is 10.7. The molecule has 0 bridgehead atoms. The summed E-state index contributed by atoms with van der Waals surface area (Å²) in [5.41, 5.74) is 15.3. The maximum Gasteiger partial charge on any atom is 0.129 e. The molecule has 1 saturated carbocycles. The summed E-state index contributed by atoms with van der Waals surface area (Å²) in [5, 5.41) is 13.0. The Bertz CT molecular complexity index is 3190. The molecule has 1 N–H and O–H groups in total. The summed E-state index contributed by atoms with van der Waals surface area (Å²) < 4.78 is 6.26. The van der Waals surface area contributed by atoms with E-state index in [1.165, 1.54) is 59.1 Å². The van der Waals surface area contributed by atoms with Crippen molar-refractivity contribution in [3.63, 3.8) is 0 Å². The molecule has 1 aliphatic carbocycles. The summed E-state index contributed by atoms with van der Waals surface area (Å²) in [5.74, 6) is 0.685. The van der Waals surface area contributed by atoms with Gasteiger partial charge in [-0.05, 0) is 138 Å². The van der Waals surface area contributed by atoms with Crippen LogP contribution in [-0.4, -0.2) is 20.1 Å². The molecule has 4 aromatic heterocycles. The minimum Gasteiger partial charge on any atom is -0.501 e. The van der Waals surface area contributed by atoms with Crippen LogP contribution in [0.2, 0.25) is 0 Å². The van der Waals surface area contributed by atoms with Gasteiger partial charge in [0.15, 0.2) is 0 Å². The van der Waals surface area contributed by atoms with E-state index >= 15 is 0 Å². The normalized spacial score (nSPS) is 14.1. The summed E-state index contributed by atoms with van der Waals surface area (Å²) in [6.45, 7) is 11.0. The van der Waals surface area contributed by atoms with Gasteiger partial charge >= 0.3 is 0 Å². The van der Waals surface area contributed by atoms with Crippen molar-refractivity contribution in [1.82, 2.24) is 15.0 Å². The van der Waals surface area contributed by atoms with Crippen LogP contribution in [0.15, 0.2) is 199 Å². The minimum atomic E-state index is -1.09. The summed E-state index contributed by atoms with van der Waals surface area (Å²) >= 11 is 0. The zero-order chi connectivity index (χ0) is 47.1. The van der Waals surface area contributed by atoms with E-state index in [0.29, 0.717) is 17.0 Å². The van der Waals surface area contributed by atoms with Gasteiger partial charge in [-0.25, -0.2) is 0 Å². The van der Waals surface area contributed by atoms with E-state index < -0.39 is 5.60 Å². The Morgan fingerprint density at radius 1 is 0.609 bits per heavy atom. The first-order chi connectivity index (χ1) is 33.0. The average Bonchev–Trinajstić information content (AvgIpc) is 3.77. The van der Waals surface area contributed by atoms with Gasteiger partial charge < -0.3 is 19.5 Å². The van der Waals surface area contributed by atoms with Crippen molar-refractivity contribution in [2.75, 3.05) is 0 Å². The molecule has 1 unspecified atom stereocenters. The molecule has 5 nitrogen and oxygen atoms in total. The molecule has 69 heavy (non-hydrogen) atoms. The quantitative estimate of drug-likeness (QED) is 0.161. The molecule has 1 atom stereocenters. The van der Waals surface area contributed by atoms with Crippen LogP contribution in [0.3, 0.4) is 0 Å². The van der Waals surface area contributed by atoms with Crippen LogP contribution in [0.25, 0.3) is 66.7 Å². The van der Waals surface area contributed by atoms with Crippen LogP contribution < -0.4 is 0 Å². The fourth-order valence-corrected chi connectivity index (χ4v) is 9.30. The topological polar surface area (TPSA) is 72.0 Å². The number of aliphatic hydroxyl groups is 1. The predicted octanol–water partition coefficient (Wildman–Crippen LogP) is 16.0. The van der Waals surface area contributed by atoms with E-state index in [4.69, 9.17) is 9.40 Å². The van der Waals surface area contributed by atoms with Crippen molar-refractivity contribution in [1.29, 1.82) is 0 Å². The standard InChI is InChI=1S/C33H32NO.C19H17NO.C11H8N.Ir/c1-21-18-24(23-14-16-33(3,4)17-15-23)12-13-25(21)29-19-30(34-20-22(29)2)28-10-7-9-27-26-8-5-6-11-31(26)35-32(27)28;1-19(21,18-9-5-6-14-20-18)17-12-10-16(11-13-17)15-7-3-2-4-8-15;1-2-6-10(7-3-1)11-8-4-5-9-12-11;/h5-9,11-13,18-20,23H,14-17H2,1-4H3;2-14,21H,1H3;1-6,8-9H;/q-1;;-1;. The first-order valence-electron chi connectivity index (χ1n) is 23.6. The maximum absolute atomic E-state index is 10.8. The molecule has 4 heterocycles. The number of hydrogen-bond donors (Lipinski definition) is 1. The second-order valence-electron chi connectivity index (χ2n) is 18.8. The molecule has 1 fully saturated rings. The molecule has 6 heteroatoms. The van der Waals surface area contributed by atoms with E-state index in [0.717, 1.165) is 55.6 Å². The molecule has 0 aliphatic heterocycles. The van der Waals surface area contributed by atoms with Crippen LogP contribution in [0.4, 0.5) is 0 Å². The molecule has 11 rings (SSSR count). The van der Waals surface area contributed by atoms with Gasteiger partial charge in [0.1, 0.15) is 11.2 Å². The number of hydrogen-bond acceptors (Lipinski definition) is 5. The van der Waals surface area contributed by atoms with E-state index in [-0.39, 0.29) is 20.1 Å². The number of nitrogens with zero attached hydrogens (tertiary/aromatic N) is 3. The number of aryl methyl sites for hydroxylation is 2. The van der Waals surface area contributed by atoms with Crippen molar-refractivity contribution in [3.05, 3.63) is 235 Å². The third-order valence-electron chi connectivity index (χ3n) is 13.4. The fourth-order valence-electron chi connectivity index (χ4n) is 9.30. The van der Waals surface area contributed by atoms with Gasteiger partial charge in [0, 0.05) is 44.1 Å². The maximum atomic E-state index is 10.8. The monoisotopic (exact) mass is 1080 g/mol. The summed E-state index contributed by atoms with van der Waals surface area (Å²) in [6, 6.07) is 65.5. The van der Waals surface area contributed by atoms with Crippen molar-refractivity contribution < 1.29 is 29.6 Å². The number of benzene rings is 6.